The highest BCUT2D eigenvalue weighted by Crippen LogP contribution is 2.24. The van der Waals surface area contributed by atoms with E-state index in [1.54, 1.807) is 12.1 Å². The molecule has 4 heteroatoms. The molecular weight excluding hydrogens is 228 g/mol. The molecular formula is C14H20N2O2. The van der Waals surface area contributed by atoms with Crippen LogP contribution in [0.2, 0.25) is 0 Å². The van der Waals surface area contributed by atoms with Gasteiger partial charge in [0, 0.05) is 19.0 Å². The average molecular weight is 248 g/mol. The SMILES string of the molecule is CC(CCN)C(=O)N1CCc2ccc(O)cc2C1. The number of benzene rings is 1. The molecule has 0 spiro atoms. The van der Waals surface area contributed by atoms with E-state index in [-0.39, 0.29) is 17.6 Å². The summed E-state index contributed by atoms with van der Waals surface area (Å²) in [6, 6.07) is 5.39. The van der Waals surface area contributed by atoms with Gasteiger partial charge in [-0.1, -0.05) is 13.0 Å². The van der Waals surface area contributed by atoms with Crippen LogP contribution in [0.4, 0.5) is 0 Å². The summed E-state index contributed by atoms with van der Waals surface area (Å²) in [6.45, 7) is 3.81. The minimum atomic E-state index is -0.0196. The molecule has 2 rings (SSSR count). The average Bonchev–Trinajstić information content (AvgIpc) is 2.37. The lowest BCUT2D eigenvalue weighted by atomic mass is 9.97. The first-order valence-corrected chi connectivity index (χ1v) is 6.41. The number of carbonyl (C=O) groups is 1. The van der Waals surface area contributed by atoms with E-state index in [0.29, 0.717) is 13.1 Å². The normalized spacial score (nSPS) is 16.2. The van der Waals surface area contributed by atoms with Gasteiger partial charge in [0.15, 0.2) is 0 Å². The van der Waals surface area contributed by atoms with Crippen LogP contribution in [0.1, 0.15) is 24.5 Å². The molecule has 98 valence electrons. The van der Waals surface area contributed by atoms with Gasteiger partial charge in [0.25, 0.3) is 0 Å². The van der Waals surface area contributed by atoms with Crippen molar-refractivity contribution < 1.29 is 9.90 Å². The third-order valence-corrected chi connectivity index (χ3v) is 3.54. The number of aromatic hydroxyl groups is 1. The van der Waals surface area contributed by atoms with E-state index in [1.165, 1.54) is 5.56 Å². The predicted octanol–water partition coefficient (Wildman–Crippen LogP) is 1.26. The van der Waals surface area contributed by atoms with Crippen LogP contribution in [0, 0.1) is 5.92 Å². The Morgan fingerprint density at radius 2 is 2.28 bits per heavy atom. The molecule has 1 atom stereocenters. The first kappa shape index (κ1) is 12.9. The smallest absolute Gasteiger partial charge is 0.225 e. The Balaban J connectivity index is 2.09. The fourth-order valence-corrected chi connectivity index (χ4v) is 2.42. The molecule has 0 saturated heterocycles. The van der Waals surface area contributed by atoms with Crippen molar-refractivity contribution in [2.24, 2.45) is 11.7 Å². The zero-order valence-corrected chi connectivity index (χ0v) is 10.7. The van der Waals surface area contributed by atoms with E-state index in [2.05, 4.69) is 0 Å². The van der Waals surface area contributed by atoms with Gasteiger partial charge in [0.05, 0.1) is 0 Å². The highest BCUT2D eigenvalue weighted by Gasteiger charge is 2.24. The third-order valence-electron chi connectivity index (χ3n) is 3.54. The second-order valence-corrected chi connectivity index (χ2v) is 4.94. The van der Waals surface area contributed by atoms with E-state index in [0.717, 1.165) is 24.9 Å². The van der Waals surface area contributed by atoms with Crippen molar-refractivity contribution in [3.63, 3.8) is 0 Å². The fraction of sp³-hybridized carbons (Fsp3) is 0.500. The number of phenolic OH excluding ortho intramolecular Hbond substituents is 1. The van der Waals surface area contributed by atoms with Crippen LogP contribution in [0.5, 0.6) is 5.75 Å². The quantitative estimate of drug-likeness (QED) is 0.846. The molecule has 1 amide bonds. The molecule has 0 aromatic heterocycles. The Morgan fingerprint density at radius 1 is 1.50 bits per heavy atom. The van der Waals surface area contributed by atoms with E-state index in [4.69, 9.17) is 5.73 Å². The molecule has 18 heavy (non-hydrogen) atoms. The highest BCUT2D eigenvalue weighted by atomic mass is 16.3. The van der Waals surface area contributed by atoms with Gasteiger partial charge in [-0.2, -0.15) is 0 Å². The minimum Gasteiger partial charge on any atom is -0.508 e. The summed E-state index contributed by atoms with van der Waals surface area (Å²) in [5.74, 6) is 0.404. The van der Waals surface area contributed by atoms with Crippen molar-refractivity contribution in [1.29, 1.82) is 0 Å². The number of amides is 1. The van der Waals surface area contributed by atoms with E-state index in [1.807, 2.05) is 17.9 Å². The Bertz CT molecular complexity index is 445. The standard InChI is InChI=1S/C14H20N2O2/c1-10(4-6-15)14(18)16-7-5-11-2-3-13(17)8-12(11)9-16/h2-3,8,10,17H,4-7,9,15H2,1H3. The van der Waals surface area contributed by atoms with Crippen molar-refractivity contribution >= 4 is 5.91 Å². The summed E-state index contributed by atoms with van der Waals surface area (Å²) in [5, 5.41) is 9.49. The molecule has 3 N–H and O–H groups in total. The minimum absolute atomic E-state index is 0.0196. The lowest BCUT2D eigenvalue weighted by Gasteiger charge is -2.31. The summed E-state index contributed by atoms with van der Waals surface area (Å²) >= 11 is 0. The number of hydrogen-bond donors (Lipinski definition) is 2. The van der Waals surface area contributed by atoms with Crippen LogP contribution in [0.15, 0.2) is 18.2 Å². The molecule has 1 heterocycles. The second kappa shape index (κ2) is 5.40. The number of hydrogen-bond acceptors (Lipinski definition) is 3. The van der Waals surface area contributed by atoms with Gasteiger partial charge < -0.3 is 15.7 Å². The number of rotatable bonds is 3. The predicted molar refractivity (Wildman–Crippen MR) is 70.1 cm³/mol. The van der Waals surface area contributed by atoms with Crippen LogP contribution in [-0.2, 0) is 17.8 Å². The molecule has 4 nitrogen and oxygen atoms in total. The molecule has 0 saturated carbocycles. The van der Waals surface area contributed by atoms with Gasteiger partial charge in [0.1, 0.15) is 5.75 Å². The molecule has 0 bridgehead atoms. The zero-order valence-electron chi connectivity index (χ0n) is 10.7. The van der Waals surface area contributed by atoms with Gasteiger partial charge >= 0.3 is 0 Å². The maximum Gasteiger partial charge on any atom is 0.225 e. The van der Waals surface area contributed by atoms with Crippen molar-refractivity contribution in [3.8, 4) is 5.75 Å². The van der Waals surface area contributed by atoms with E-state index >= 15 is 0 Å². The van der Waals surface area contributed by atoms with Gasteiger partial charge in [-0.3, -0.25) is 4.79 Å². The van der Waals surface area contributed by atoms with Gasteiger partial charge in [-0.15, -0.1) is 0 Å². The Morgan fingerprint density at radius 3 is 3.00 bits per heavy atom. The van der Waals surface area contributed by atoms with Gasteiger partial charge in [-0.05, 0) is 42.6 Å². The number of phenols is 1. The van der Waals surface area contributed by atoms with Crippen molar-refractivity contribution in [1.82, 2.24) is 4.90 Å². The lowest BCUT2D eigenvalue weighted by molar-refractivity contribution is -0.136. The maximum atomic E-state index is 12.2. The monoisotopic (exact) mass is 248 g/mol. The first-order valence-electron chi connectivity index (χ1n) is 6.41. The number of carbonyl (C=O) groups excluding carboxylic acids is 1. The maximum absolute atomic E-state index is 12.2. The fourth-order valence-electron chi connectivity index (χ4n) is 2.42. The van der Waals surface area contributed by atoms with Crippen LogP contribution < -0.4 is 5.73 Å². The van der Waals surface area contributed by atoms with Crippen LogP contribution in [0.3, 0.4) is 0 Å². The Hall–Kier alpha value is -1.55. The topological polar surface area (TPSA) is 66.6 Å². The molecule has 1 aliphatic rings. The van der Waals surface area contributed by atoms with Gasteiger partial charge in [0.2, 0.25) is 5.91 Å². The van der Waals surface area contributed by atoms with Crippen LogP contribution in [0.25, 0.3) is 0 Å². The Labute approximate surface area is 107 Å². The summed E-state index contributed by atoms with van der Waals surface area (Å²) in [5.41, 5.74) is 7.77. The summed E-state index contributed by atoms with van der Waals surface area (Å²) in [4.78, 5) is 14.1. The zero-order chi connectivity index (χ0) is 13.1. The molecule has 0 radical (unpaired) electrons. The number of fused-ring (bicyclic) bond motifs is 1. The van der Waals surface area contributed by atoms with E-state index in [9.17, 15) is 9.90 Å². The second-order valence-electron chi connectivity index (χ2n) is 4.94. The molecule has 1 aliphatic heterocycles. The number of nitrogens with zero attached hydrogens (tertiary/aromatic N) is 1. The van der Waals surface area contributed by atoms with Crippen LogP contribution >= 0.6 is 0 Å². The summed E-state index contributed by atoms with van der Waals surface area (Å²) < 4.78 is 0. The molecule has 1 aromatic rings. The number of nitrogens with two attached hydrogens (primary N) is 1. The summed E-state index contributed by atoms with van der Waals surface area (Å²) in [6.07, 6.45) is 1.58. The lowest BCUT2D eigenvalue weighted by Crippen LogP contribution is -2.39. The van der Waals surface area contributed by atoms with Crippen molar-refractivity contribution in [3.05, 3.63) is 29.3 Å². The van der Waals surface area contributed by atoms with Crippen molar-refractivity contribution in [2.45, 2.75) is 26.3 Å². The third kappa shape index (κ3) is 2.64. The van der Waals surface area contributed by atoms with Crippen LogP contribution in [-0.4, -0.2) is 29.0 Å². The Kier molecular flexibility index (Phi) is 3.87. The van der Waals surface area contributed by atoms with Gasteiger partial charge in [-0.25, -0.2) is 0 Å². The first-order chi connectivity index (χ1) is 8.61. The molecule has 1 aromatic carbocycles. The highest BCUT2D eigenvalue weighted by molar-refractivity contribution is 5.78. The molecule has 1 unspecified atom stereocenters. The summed E-state index contributed by atoms with van der Waals surface area (Å²) in [7, 11) is 0. The van der Waals surface area contributed by atoms with Crippen molar-refractivity contribution in [2.75, 3.05) is 13.1 Å². The van der Waals surface area contributed by atoms with E-state index < -0.39 is 0 Å². The molecule has 0 aliphatic carbocycles. The largest absolute Gasteiger partial charge is 0.508 e. The molecule has 0 fully saturated rings.